The molecule has 6 heteroatoms. The monoisotopic (exact) mass is 339 g/mol. The number of furan rings is 1. The van der Waals surface area contributed by atoms with Crippen molar-refractivity contribution in [3.8, 4) is 0 Å². The van der Waals surface area contributed by atoms with Crippen LogP contribution >= 0.6 is 0 Å². The highest BCUT2D eigenvalue weighted by Gasteiger charge is 2.27. The van der Waals surface area contributed by atoms with Crippen LogP contribution in [0.2, 0.25) is 0 Å². The maximum atomic E-state index is 12.6. The summed E-state index contributed by atoms with van der Waals surface area (Å²) in [6.07, 6.45) is 5.56. The van der Waals surface area contributed by atoms with Crippen molar-refractivity contribution in [2.24, 2.45) is 0 Å². The average Bonchev–Trinajstić information content (AvgIpc) is 3.28. The van der Waals surface area contributed by atoms with Crippen LogP contribution < -0.4 is 0 Å². The summed E-state index contributed by atoms with van der Waals surface area (Å²) in [6.45, 7) is 1.85. The van der Waals surface area contributed by atoms with Gasteiger partial charge in [0.05, 0.1) is 0 Å². The Balaban J connectivity index is 1.41. The van der Waals surface area contributed by atoms with E-state index in [1.54, 1.807) is 25.4 Å². The molecule has 1 amide bonds. The molecule has 25 heavy (non-hydrogen) atoms. The van der Waals surface area contributed by atoms with Crippen LogP contribution in [0.1, 0.15) is 40.8 Å². The number of nitrogens with one attached hydrogen (secondary N) is 1. The Bertz CT molecular complexity index is 842. The zero-order valence-corrected chi connectivity index (χ0v) is 14.2. The second kappa shape index (κ2) is 6.72. The highest BCUT2D eigenvalue weighted by atomic mass is 16.5. The van der Waals surface area contributed by atoms with Crippen LogP contribution in [0.25, 0.3) is 10.9 Å². The Hall–Kier alpha value is -2.60. The third-order valence-electron chi connectivity index (χ3n) is 4.82. The summed E-state index contributed by atoms with van der Waals surface area (Å²) in [4.78, 5) is 22.1. The predicted octanol–water partition coefficient (Wildman–Crippen LogP) is 3.32. The lowest BCUT2D eigenvalue weighted by atomic mass is 9.93. The minimum absolute atomic E-state index is 0.0401. The van der Waals surface area contributed by atoms with Crippen molar-refractivity contribution < 1.29 is 13.9 Å². The molecule has 4 heterocycles. The van der Waals surface area contributed by atoms with E-state index in [2.05, 4.69) is 16.0 Å². The topological polar surface area (TPSA) is 71.4 Å². The second-order valence-corrected chi connectivity index (χ2v) is 6.45. The SMILES string of the molecule is COCc1ccc(C(=O)N2CCC(c3cc4cnccc4[nH]3)CC2)o1. The predicted molar refractivity (Wildman–Crippen MR) is 93.4 cm³/mol. The molecule has 1 aliphatic heterocycles. The molecule has 130 valence electrons. The first-order valence-corrected chi connectivity index (χ1v) is 8.54. The van der Waals surface area contributed by atoms with Gasteiger partial charge in [0.15, 0.2) is 5.76 Å². The highest BCUT2D eigenvalue weighted by Crippen LogP contribution is 2.30. The largest absolute Gasteiger partial charge is 0.453 e. The summed E-state index contributed by atoms with van der Waals surface area (Å²) in [5.74, 6) is 1.47. The molecule has 0 unspecified atom stereocenters. The molecule has 1 aliphatic rings. The van der Waals surface area contributed by atoms with Crippen LogP contribution in [0, 0.1) is 0 Å². The van der Waals surface area contributed by atoms with Crippen molar-refractivity contribution in [1.29, 1.82) is 0 Å². The zero-order valence-electron chi connectivity index (χ0n) is 14.2. The minimum Gasteiger partial charge on any atom is -0.453 e. The van der Waals surface area contributed by atoms with Gasteiger partial charge >= 0.3 is 0 Å². The van der Waals surface area contributed by atoms with Gasteiger partial charge in [-0.25, -0.2) is 0 Å². The molecule has 3 aromatic heterocycles. The summed E-state index contributed by atoms with van der Waals surface area (Å²) >= 11 is 0. The van der Waals surface area contributed by atoms with Gasteiger partial charge in [-0.15, -0.1) is 0 Å². The minimum atomic E-state index is -0.0401. The van der Waals surface area contributed by atoms with E-state index in [9.17, 15) is 4.79 Å². The molecule has 0 bridgehead atoms. The fourth-order valence-corrected chi connectivity index (χ4v) is 3.48. The molecule has 1 saturated heterocycles. The third-order valence-corrected chi connectivity index (χ3v) is 4.82. The summed E-state index contributed by atoms with van der Waals surface area (Å²) in [5.41, 5.74) is 2.35. The van der Waals surface area contributed by atoms with Crippen LogP contribution in [-0.4, -0.2) is 41.0 Å². The molecule has 3 aromatic rings. The number of aromatic amines is 1. The van der Waals surface area contributed by atoms with Crippen LogP contribution in [0.4, 0.5) is 0 Å². The van der Waals surface area contributed by atoms with Crippen LogP contribution in [0.15, 0.2) is 41.1 Å². The van der Waals surface area contributed by atoms with Crippen LogP contribution in [0.3, 0.4) is 0 Å². The van der Waals surface area contributed by atoms with E-state index in [0.717, 1.165) is 36.8 Å². The molecule has 0 aromatic carbocycles. The van der Waals surface area contributed by atoms with Crippen molar-refractivity contribution in [2.45, 2.75) is 25.4 Å². The average molecular weight is 339 g/mol. The van der Waals surface area contributed by atoms with Gasteiger partial charge < -0.3 is 19.0 Å². The Kier molecular flexibility index (Phi) is 4.28. The number of carbonyl (C=O) groups is 1. The van der Waals surface area contributed by atoms with Crippen molar-refractivity contribution >= 4 is 16.8 Å². The lowest BCUT2D eigenvalue weighted by Crippen LogP contribution is -2.37. The first-order chi connectivity index (χ1) is 12.2. The number of H-pyrrole nitrogens is 1. The standard InChI is InChI=1S/C19H21N3O3/c1-24-12-15-2-3-18(25-15)19(23)22-8-5-13(6-9-22)17-10-14-11-20-7-4-16(14)21-17/h2-4,7,10-11,13,21H,5-6,8-9,12H2,1H3. The number of pyridine rings is 1. The molecule has 4 rings (SSSR count). The number of piperidine rings is 1. The number of fused-ring (bicyclic) bond motifs is 1. The normalized spacial score (nSPS) is 15.8. The van der Waals surface area contributed by atoms with Gasteiger partial charge in [0, 0.05) is 55.1 Å². The van der Waals surface area contributed by atoms with Crippen LogP contribution in [-0.2, 0) is 11.3 Å². The van der Waals surface area contributed by atoms with E-state index in [0.29, 0.717) is 24.0 Å². The Labute approximate surface area is 145 Å². The van der Waals surface area contributed by atoms with E-state index >= 15 is 0 Å². The highest BCUT2D eigenvalue weighted by molar-refractivity contribution is 5.91. The van der Waals surface area contributed by atoms with E-state index in [4.69, 9.17) is 9.15 Å². The first-order valence-electron chi connectivity index (χ1n) is 8.54. The molecule has 1 fully saturated rings. The van der Waals surface area contributed by atoms with Gasteiger partial charge in [-0.2, -0.15) is 0 Å². The maximum Gasteiger partial charge on any atom is 0.289 e. The van der Waals surface area contributed by atoms with Gasteiger partial charge in [-0.3, -0.25) is 9.78 Å². The number of methoxy groups -OCH3 is 1. The molecule has 0 radical (unpaired) electrons. The second-order valence-electron chi connectivity index (χ2n) is 6.45. The molecule has 0 atom stereocenters. The van der Waals surface area contributed by atoms with Crippen molar-refractivity contribution in [3.05, 3.63) is 53.9 Å². The number of carbonyl (C=O) groups excluding carboxylic acids is 1. The number of nitrogens with zero attached hydrogens (tertiary/aromatic N) is 2. The number of rotatable bonds is 4. The maximum absolute atomic E-state index is 12.6. The Morgan fingerprint density at radius 2 is 2.20 bits per heavy atom. The van der Waals surface area contributed by atoms with Crippen molar-refractivity contribution in [1.82, 2.24) is 14.9 Å². The van der Waals surface area contributed by atoms with Gasteiger partial charge in [0.25, 0.3) is 5.91 Å². The first kappa shape index (κ1) is 15.9. The lowest BCUT2D eigenvalue weighted by molar-refractivity contribution is 0.0672. The van der Waals surface area contributed by atoms with Crippen LogP contribution in [0.5, 0.6) is 0 Å². The molecular weight excluding hydrogens is 318 g/mol. The van der Waals surface area contributed by atoms with E-state index in [-0.39, 0.29) is 5.91 Å². The van der Waals surface area contributed by atoms with Gasteiger partial charge in [-0.1, -0.05) is 0 Å². The fourth-order valence-electron chi connectivity index (χ4n) is 3.48. The number of ether oxygens (including phenoxy) is 1. The molecule has 0 aliphatic carbocycles. The van der Waals surface area contributed by atoms with E-state index in [1.807, 2.05) is 17.2 Å². The molecule has 0 saturated carbocycles. The number of hydrogen-bond acceptors (Lipinski definition) is 4. The quantitative estimate of drug-likeness (QED) is 0.791. The summed E-state index contributed by atoms with van der Waals surface area (Å²) < 4.78 is 10.6. The number of aromatic nitrogens is 2. The van der Waals surface area contributed by atoms with Crippen molar-refractivity contribution in [2.75, 3.05) is 20.2 Å². The van der Waals surface area contributed by atoms with Crippen molar-refractivity contribution in [3.63, 3.8) is 0 Å². The fraction of sp³-hybridized carbons (Fsp3) is 0.368. The number of likely N-dealkylation sites (tertiary alicyclic amines) is 1. The zero-order chi connectivity index (χ0) is 17.2. The number of hydrogen-bond donors (Lipinski definition) is 1. The third kappa shape index (κ3) is 3.17. The molecule has 6 nitrogen and oxygen atoms in total. The smallest absolute Gasteiger partial charge is 0.289 e. The van der Waals surface area contributed by atoms with E-state index in [1.165, 1.54) is 5.69 Å². The molecule has 0 spiro atoms. The summed E-state index contributed by atoms with van der Waals surface area (Å²) in [7, 11) is 1.61. The number of amides is 1. The molecular formula is C19H21N3O3. The molecule has 1 N–H and O–H groups in total. The lowest BCUT2D eigenvalue weighted by Gasteiger charge is -2.31. The van der Waals surface area contributed by atoms with Gasteiger partial charge in [0.1, 0.15) is 12.4 Å². The van der Waals surface area contributed by atoms with Gasteiger partial charge in [0.2, 0.25) is 0 Å². The summed E-state index contributed by atoms with van der Waals surface area (Å²) in [5, 5.41) is 1.14. The Morgan fingerprint density at radius 3 is 2.96 bits per heavy atom. The Morgan fingerprint density at radius 1 is 1.36 bits per heavy atom. The van der Waals surface area contributed by atoms with Gasteiger partial charge in [-0.05, 0) is 37.1 Å². The summed E-state index contributed by atoms with van der Waals surface area (Å²) in [6, 6.07) is 7.69. The van der Waals surface area contributed by atoms with E-state index < -0.39 is 0 Å².